The molecule has 3 heteroatoms. The summed E-state index contributed by atoms with van der Waals surface area (Å²) >= 11 is 0. The molecule has 1 aromatic carbocycles. The topological polar surface area (TPSA) is 29.9 Å². The van der Waals surface area contributed by atoms with Crippen molar-refractivity contribution >= 4 is 0 Å². The Balaban J connectivity index is 2.15. The minimum Gasteiger partial charge on any atom is -0.313 e. The standard InChI is InChI=1S/C16H23N3/c1-12-6-5-7-13(2)16(12)15(17-3)9-8-14-10-11-18-19(14)4/h5-7,10-11,15,17H,8-9H2,1-4H3. The van der Waals surface area contributed by atoms with Crippen LogP contribution in [0.25, 0.3) is 0 Å². The molecular formula is C16H23N3. The number of aryl methyl sites for hydroxylation is 4. The van der Waals surface area contributed by atoms with Crippen LogP contribution in [0, 0.1) is 13.8 Å². The van der Waals surface area contributed by atoms with Crippen molar-refractivity contribution in [2.45, 2.75) is 32.7 Å². The number of hydrogen-bond acceptors (Lipinski definition) is 2. The van der Waals surface area contributed by atoms with Crippen molar-refractivity contribution < 1.29 is 0 Å². The average Bonchev–Trinajstić information content (AvgIpc) is 2.78. The summed E-state index contributed by atoms with van der Waals surface area (Å²) < 4.78 is 1.96. The summed E-state index contributed by atoms with van der Waals surface area (Å²) in [5.74, 6) is 0. The first-order chi connectivity index (χ1) is 9.13. The molecule has 0 aliphatic rings. The van der Waals surface area contributed by atoms with Gasteiger partial charge in [-0.25, -0.2) is 0 Å². The van der Waals surface area contributed by atoms with Gasteiger partial charge in [-0.2, -0.15) is 5.10 Å². The Hall–Kier alpha value is -1.61. The maximum Gasteiger partial charge on any atom is 0.0492 e. The van der Waals surface area contributed by atoms with E-state index in [1.54, 1.807) is 0 Å². The van der Waals surface area contributed by atoms with E-state index < -0.39 is 0 Å². The number of rotatable bonds is 5. The van der Waals surface area contributed by atoms with E-state index >= 15 is 0 Å². The molecule has 0 aliphatic carbocycles. The van der Waals surface area contributed by atoms with E-state index in [0.29, 0.717) is 6.04 Å². The van der Waals surface area contributed by atoms with Crippen LogP contribution >= 0.6 is 0 Å². The van der Waals surface area contributed by atoms with Gasteiger partial charge in [-0.1, -0.05) is 18.2 Å². The molecule has 1 N–H and O–H groups in total. The van der Waals surface area contributed by atoms with E-state index in [1.165, 1.54) is 22.4 Å². The van der Waals surface area contributed by atoms with Crippen molar-refractivity contribution in [1.29, 1.82) is 0 Å². The summed E-state index contributed by atoms with van der Waals surface area (Å²) in [6.45, 7) is 4.38. The number of nitrogens with zero attached hydrogens (tertiary/aromatic N) is 2. The lowest BCUT2D eigenvalue weighted by molar-refractivity contribution is 0.531. The zero-order chi connectivity index (χ0) is 13.8. The van der Waals surface area contributed by atoms with Gasteiger partial charge < -0.3 is 5.32 Å². The molecule has 1 unspecified atom stereocenters. The monoisotopic (exact) mass is 257 g/mol. The molecule has 1 heterocycles. The molecule has 19 heavy (non-hydrogen) atoms. The van der Waals surface area contributed by atoms with Crippen LogP contribution < -0.4 is 5.32 Å². The molecule has 2 aromatic rings. The summed E-state index contributed by atoms with van der Waals surface area (Å²) in [6, 6.07) is 9.00. The number of nitrogens with one attached hydrogen (secondary N) is 1. The van der Waals surface area contributed by atoms with Crippen LogP contribution in [0.4, 0.5) is 0 Å². The minimum atomic E-state index is 0.399. The molecule has 102 valence electrons. The third-order valence-corrected chi connectivity index (χ3v) is 3.85. The molecule has 0 fully saturated rings. The second-order valence-electron chi connectivity index (χ2n) is 5.13. The van der Waals surface area contributed by atoms with Gasteiger partial charge in [0, 0.05) is 25.0 Å². The Morgan fingerprint density at radius 3 is 2.42 bits per heavy atom. The van der Waals surface area contributed by atoms with Crippen LogP contribution in [0.2, 0.25) is 0 Å². The first kappa shape index (κ1) is 13.8. The smallest absolute Gasteiger partial charge is 0.0492 e. The van der Waals surface area contributed by atoms with Gasteiger partial charge in [-0.15, -0.1) is 0 Å². The molecule has 0 bridgehead atoms. The zero-order valence-corrected chi connectivity index (χ0v) is 12.3. The van der Waals surface area contributed by atoms with Crippen molar-refractivity contribution in [1.82, 2.24) is 15.1 Å². The van der Waals surface area contributed by atoms with E-state index in [2.05, 4.69) is 48.5 Å². The quantitative estimate of drug-likeness (QED) is 0.892. The van der Waals surface area contributed by atoms with Crippen molar-refractivity contribution in [2.24, 2.45) is 7.05 Å². The summed E-state index contributed by atoms with van der Waals surface area (Å²) in [5.41, 5.74) is 5.45. The second-order valence-corrected chi connectivity index (χ2v) is 5.13. The molecule has 0 spiro atoms. The lowest BCUT2D eigenvalue weighted by Crippen LogP contribution is -2.19. The van der Waals surface area contributed by atoms with Crippen LogP contribution in [-0.2, 0) is 13.5 Å². The molecule has 0 radical (unpaired) electrons. The zero-order valence-electron chi connectivity index (χ0n) is 12.3. The fourth-order valence-electron chi connectivity index (χ4n) is 2.75. The van der Waals surface area contributed by atoms with Gasteiger partial charge in [0.2, 0.25) is 0 Å². The number of aromatic nitrogens is 2. The summed E-state index contributed by atoms with van der Waals surface area (Å²) in [6.07, 6.45) is 3.99. The SMILES string of the molecule is CNC(CCc1ccnn1C)c1c(C)cccc1C. The van der Waals surface area contributed by atoms with Gasteiger partial charge >= 0.3 is 0 Å². The van der Waals surface area contributed by atoms with Crippen LogP contribution in [0.3, 0.4) is 0 Å². The highest BCUT2D eigenvalue weighted by molar-refractivity contribution is 5.36. The largest absolute Gasteiger partial charge is 0.313 e. The lowest BCUT2D eigenvalue weighted by Gasteiger charge is -2.21. The normalized spacial score (nSPS) is 12.6. The molecule has 1 aromatic heterocycles. The van der Waals surface area contributed by atoms with E-state index in [1.807, 2.05) is 25.0 Å². The van der Waals surface area contributed by atoms with Crippen molar-refractivity contribution in [3.8, 4) is 0 Å². The summed E-state index contributed by atoms with van der Waals surface area (Å²) in [7, 11) is 4.04. The number of benzene rings is 1. The predicted molar refractivity (Wildman–Crippen MR) is 79.2 cm³/mol. The van der Waals surface area contributed by atoms with Gasteiger partial charge in [0.15, 0.2) is 0 Å². The molecule has 0 aliphatic heterocycles. The fraction of sp³-hybridized carbons (Fsp3) is 0.438. The van der Waals surface area contributed by atoms with Crippen LogP contribution in [-0.4, -0.2) is 16.8 Å². The number of hydrogen-bond donors (Lipinski definition) is 1. The van der Waals surface area contributed by atoms with E-state index in [4.69, 9.17) is 0 Å². The Labute approximate surface area is 115 Å². The van der Waals surface area contributed by atoms with Crippen molar-refractivity contribution in [3.63, 3.8) is 0 Å². The minimum absolute atomic E-state index is 0.399. The summed E-state index contributed by atoms with van der Waals surface area (Å²) in [4.78, 5) is 0. The Morgan fingerprint density at radius 1 is 1.21 bits per heavy atom. The van der Waals surface area contributed by atoms with Crippen LogP contribution in [0.5, 0.6) is 0 Å². The molecular weight excluding hydrogens is 234 g/mol. The van der Waals surface area contributed by atoms with Gasteiger partial charge in [0.05, 0.1) is 0 Å². The predicted octanol–water partition coefficient (Wildman–Crippen LogP) is 2.93. The van der Waals surface area contributed by atoms with Gasteiger partial charge in [-0.3, -0.25) is 4.68 Å². The third kappa shape index (κ3) is 3.04. The lowest BCUT2D eigenvalue weighted by atomic mass is 9.93. The highest BCUT2D eigenvalue weighted by atomic mass is 15.2. The van der Waals surface area contributed by atoms with Gasteiger partial charge in [0.25, 0.3) is 0 Å². The van der Waals surface area contributed by atoms with Crippen molar-refractivity contribution in [3.05, 3.63) is 52.8 Å². The molecule has 3 nitrogen and oxygen atoms in total. The maximum absolute atomic E-state index is 4.22. The van der Waals surface area contributed by atoms with E-state index in [-0.39, 0.29) is 0 Å². The van der Waals surface area contributed by atoms with Crippen molar-refractivity contribution in [2.75, 3.05) is 7.05 Å². The van der Waals surface area contributed by atoms with E-state index in [9.17, 15) is 0 Å². The first-order valence-corrected chi connectivity index (χ1v) is 6.83. The second kappa shape index (κ2) is 6.02. The Bertz CT molecular complexity index is 522. The Kier molecular flexibility index (Phi) is 4.38. The highest BCUT2D eigenvalue weighted by Crippen LogP contribution is 2.25. The Morgan fingerprint density at radius 2 is 1.89 bits per heavy atom. The molecule has 0 amide bonds. The maximum atomic E-state index is 4.22. The van der Waals surface area contributed by atoms with E-state index in [0.717, 1.165) is 12.8 Å². The first-order valence-electron chi connectivity index (χ1n) is 6.83. The third-order valence-electron chi connectivity index (χ3n) is 3.85. The fourth-order valence-corrected chi connectivity index (χ4v) is 2.75. The molecule has 0 saturated carbocycles. The highest BCUT2D eigenvalue weighted by Gasteiger charge is 2.14. The van der Waals surface area contributed by atoms with Crippen LogP contribution in [0.1, 0.15) is 34.8 Å². The molecule has 1 atom stereocenters. The van der Waals surface area contributed by atoms with Gasteiger partial charge in [0.1, 0.15) is 0 Å². The van der Waals surface area contributed by atoms with Gasteiger partial charge in [-0.05, 0) is 56.5 Å². The summed E-state index contributed by atoms with van der Waals surface area (Å²) in [5, 5.41) is 7.68. The average molecular weight is 257 g/mol. The van der Waals surface area contributed by atoms with Crippen LogP contribution in [0.15, 0.2) is 30.5 Å². The molecule has 0 saturated heterocycles. The molecule has 2 rings (SSSR count).